The predicted molar refractivity (Wildman–Crippen MR) is 117 cm³/mol. The highest BCUT2D eigenvalue weighted by Crippen LogP contribution is 2.32. The van der Waals surface area contributed by atoms with E-state index in [4.69, 9.17) is 9.84 Å². The van der Waals surface area contributed by atoms with E-state index >= 15 is 0 Å². The number of nitrogens with zero attached hydrogens (tertiary/aromatic N) is 3. The molecule has 6 nitrogen and oxygen atoms in total. The number of amides is 1. The van der Waals surface area contributed by atoms with Gasteiger partial charge in [-0.15, -0.1) is 0 Å². The smallest absolute Gasteiger partial charge is 0.242 e. The van der Waals surface area contributed by atoms with Crippen LogP contribution in [0, 0.1) is 13.8 Å². The Bertz CT molecular complexity index is 1030. The van der Waals surface area contributed by atoms with Gasteiger partial charge >= 0.3 is 0 Å². The van der Waals surface area contributed by atoms with Gasteiger partial charge in [-0.05, 0) is 39.0 Å². The van der Waals surface area contributed by atoms with Crippen LogP contribution in [0.2, 0.25) is 0 Å². The summed E-state index contributed by atoms with van der Waals surface area (Å²) in [5.41, 5.74) is 4.92. The zero-order valence-corrected chi connectivity index (χ0v) is 17.8. The molecule has 1 amide bonds. The minimum Gasteiger partial charge on any atom is -0.494 e. The molecule has 156 valence electrons. The van der Waals surface area contributed by atoms with Gasteiger partial charge < -0.3 is 10.1 Å². The Morgan fingerprint density at radius 2 is 1.83 bits per heavy atom. The molecule has 2 aromatic carbocycles. The number of rotatable bonds is 6. The molecule has 0 spiro atoms. The molecule has 4 rings (SSSR count). The zero-order chi connectivity index (χ0) is 21.1. The van der Waals surface area contributed by atoms with Gasteiger partial charge in [0.2, 0.25) is 5.91 Å². The fourth-order valence-electron chi connectivity index (χ4n) is 4.22. The number of carbonyl (C=O) groups excluding carboxylic acids is 1. The van der Waals surface area contributed by atoms with Gasteiger partial charge in [0, 0.05) is 36.5 Å². The lowest BCUT2D eigenvalue weighted by atomic mass is 9.99. The molecule has 3 aromatic rings. The molecule has 0 saturated carbocycles. The molecule has 1 aromatic heterocycles. The first kappa shape index (κ1) is 20.2. The van der Waals surface area contributed by atoms with Crippen LogP contribution >= 0.6 is 0 Å². The van der Waals surface area contributed by atoms with Crippen molar-refractivity contribution in [3.05, 3.63) is 77.1 Å². The summed E-state index contributed by atoms with van der Waals surface area (Å²) < 4.78 is 7.74. The molecule has 1 fully saturated rings. The average molecular weight is 405 g/mol. The maximum absolute atomic E-state index is 13.0. The van der Waals surface area contributed by atoms with Gasteiger partial charge in [-0.2, -0.15) is 5.10 Å². The molecule has 0 radical (unpaired) electrons. The molecule has 1 aliphatic rings. The third-order valence-corrected chi connectivity index (χ3v) is 5.58. The quantitative estimate of drug-likeness (QED) is 0.683. The summed E-state index contributed by atoms with van der Waals surface area (Å²) in [4.78, 5) is 15.3. The van der Waals surface area contributed by atoms with Gasteiger partial charge in [0.05, 0.1) is 18.0 Å². The van der Waals surface area contributed by atoms with Gasteiger partial charge in [-0.25, -0.2) is 4.68 Å². The van der Waals surface area contributed by atoms with E-state index in [-0.39, 0.29) is 11.9 Å². The molecule has 0 aliphatic carbocycles. The first-order valence-corrected chi connectivity index (χ1v) is 10.4. The highest BCUT2D eigenvalue weighted by Gasteiger charge is 2.35. The van der Waals surface area contributed by atoms with E-state index in [1.807, 2.05) is 74.0 Å². The summed E-state index contributed by atoms with van der Waals surface area (Å²) in [5.74, 6) is 0.895. The Morgan fingerprint density at radius 3 is 2.60 bits per heavy atom. The van der Waals surface area contributed by atoms with E-state index in [0.29, 0.717) is 19.7 Å². The van der Waals surface area contributed by atoms with Crippen LogP contribution in [0.1, 0.15) is 35.5 Å². The Hall–Kier alpha value is -3.12. The van der Waals surface area contributed by atoms with Crippen molar-refractivity contribution in [1.82, 2.24) is 20.0 Å². The van der Waals surface area contributed by atoms with Crippen molar-refractivity contribution in [3.63, 3.8) is 0 Å². The van der Waals surface area contributed by atoms with E-state index in [2.05, 4.69) is 16.3 Å². The number of carbonyl (C=O) groups is 1. The fraction of sp³-hybridized carbons (Fsp3) is 0.333. The van der Waals surface area contributed by atoms with E-state index in [1.165, 1.54) is 0 Å². The summed E-state index contributed by atoms with van der Waals surface area (Å²) in [6, 6.07) is 17.7. The van der Waals surface area contributed by atoms with Crippen LogP contribution in [0.4, 0.5) is 0 Å². The second kappa shape index (κ2) is 8.71. The Balaban J connectivity index is 1.71. The Labute approximate surface area is 177 Å². The summed E-state index contributed by atoms with van der Waals surface area (Å²) >= 11 is 0. The number of para-hydroxylation sites is 2. The maximum Gasteiger partial charge on any atom is 0.242 e. The van der Waals surface area contributed by atoms with Gasteiger partial charge in [0.15, 0.2) is 0 Å². The molecule has 0 bridgehead atoms. The Kier molecular flexibility index (Phi) is 5.86. The van der Waals surface area contributed by atoms with Gasteiger partial charge in [0.25, 0.3) is 0 Å². The number of aromatic nitrogens is 2. The third-order valence-electron chi connectivity index (χ3n) is 5.58. The first-order chi connectivity index (χ1) is 14.6. The van der Waals surface area contributed by atoms with E-state index in [9.17, 15) is 4.79 Å². The summed E-state index contributed by atoms with van der Waals surface area (Å²) in [6.45, 7) is 8.67. The van der Waals surface area contributed by atoms with Crippen molar-refractivity contribution >= 4 is 5.91 Å². The van der Waals surface area contributed by atoms with Crippen molar-refractivity contribution in [3.8, 4) is 11.4 Å². The molecule has 1 N–H and O–H groups in total. The van der Waals surface area contributed by atoms with Crippen LogP contribution in [0.5, 0.6) is 5.75 Å². The van der Waals surface area contributed by atoms with Crippen molar-refractivity contribution in [1.29, 1.82) is 0 Å². The second-order valence-corrected chi connectivity index (χ2v) is 7.54. The lowest BCUT2D eigenvalue weighted by Gasteiger charge is -2.35. The predicted octanol–water partition coefficient (Wildman–Crippen LogP) is 3.56. The van der Waals surface area contributed by atoms with Crippen LogP contribution in [0.15, 0.2) is 54.6 Å². The number of nitrogens with one attached hydrogen (secondary N) is 1. The molecule has 1 atom stereocenters. The zero-order valence-electron chi connectivity index (χ0n) is 17.8. The normalized spacial score (nSPS) is 17.0. The SMILES string of the molecule is CCOc1ccccc1CN1CCNC(=O)C1c1c(C)nn(-c2ccccc2)c1C. The number of piperazine rings is 1. The minimum atomic E-state index is -0.383. The van der Waals surface area contributed by atoms with Crippen LogP contribution in [0.3, 0.4) is 0 Å². The minimum absolute atomic E-state index is 0.0222. The molecular weight excluding hydrogens is 376 g/mol. The highest BCUT2D eigenvalue weighted by atomic mass is 16.5. The molecule has 6 heteroatoms. The third kappa shape index (κ3) is 3.83. The average Bonchev–Trinajstić information content (AvgIpc) is 3.05. The number of hydrogen-bond acceptors (Lipinski definition) is 4. The number of benzene rings is 2. The van der Waals surface area contributed by atoms with Crippen LogP contribution in [-0.2, 0) is 11.3 Å². The topological polar surface area (TPSA) is 59.4 Å². The molecule has 1 saturated heterocycles. The van der Waals surface area contributed by atoms with E-state index in [0.717, 1.165) is 40.5 Å². The highest BCUT2D eigenvalue weighted by molar-refractivity contribution is 5.84. The monoisotopic (exact) mass is 404 g/mol. The second-order valence-electron chi connectivity index (χ2n) is 7.54. The largest absolute Gasteiger partial charge is 0.494 e. The van der Waals surface area contributed by atoms with Crippen LogP contribution in [-0.4, -0.2) is 40.3 Å². The molecule has 30 heavy (non-hydrogen) atoms. The maximum atomic E-state index is 13.0. The standard InChI is InChI=1S/C24H28N4O2/c1-4-30-21-13-9-8-10-19(21)16-27-15-14-25-24(29)23(27)22-17(2)26-28(18(22)3)20-11-6-5-7-12-20/h5-13,23H,4,14-16H2,1-3H3,(H,25,29). The van der Waals surface area contributed by atoms with Crippen LogP contribution in [0.25, 0.3) is 5.69 Å². The van der Waals surface area contributed by atoms with Crippen molar-refractivity contribution in [2.24, 2.45) is 0 Å². The number of ether oxygens (including phenoxy) is 1. The molecule has 1 unspecified atom stereocenters. The van der Waals surface area contributed by atoms with Crippen LogP contribution < -0.4 is 10.1 Å². The van der Waals surface area contributed by atoms with E-state index < -0.39 is 0 Å². The molecule has 1 aliphatic heterocycles. The first-order valence-electron chi connectivity index (χ1n) is 10.4. The summed E-state index contributed by atoms with van der Waals surface area (Å²) in [7, 11) is 0. The van der Waals surface area contributed by atoms with Gasteiger partial charge in [0.1, 0.15) is 11.8 Å². The number of hydrogen-bond donors (Lipinski definition) is 1. The Morgan fingerprint density at radius 1 is 1.10 bits per heavy atom. The van der Waals surface area contributed by atoms with Crippen molar-refractivity contribution < 1.29 is 9.53 Å². The fourth-order valence-corrected chi connectivity index (χ4v) is 4.22. The number of aryl methyl sites for hydroxylation is 1. The lowest BCUT2D eigenvalue weighted by molar-refractivity contribution is -0.129. The van der Waals surface area contributed by atoms with Crippen molar-refractivity contribution in [2.45, 2.75) is 33.4 Å². The summed E-state index contributed by atoms with van der Waals surface area (Å²) in [5, 5.41) is 7.80. The molecular formula is C24H28N4O2. The van der Waals surface area contributed by atoms with Crippen molar-refractivity contribution in [2.75, 3.05) is 19.7 Å². The summed E-state index contributed by atoms with van der Waals surface area (Å²) in [6.07, 6.45) is 0. The lowest BCUT2D eigenvalue weighted by Crippen LogP contribution is -2.49. The van der Waals surface area contributed by atoms with Gasteiger partial charge in [-0.3, -0.25) is 9.69 Å². The van der Waals surface area contributed by atoms with E-state index in [1.54, 1.807) is 0 Å². The molecule has 2 heterocycles. The van der Waals surface area contributed by atoms with Gasteiger partial charge in [-0.1, -0.05) is 36.4 Å².